The molecule has 4 heterocycles. The Morgan fingerprint density at radius 3 is 2.74 bits per heavy atom. The Labute approximate surface area is 222 Å². The molecule has 1 aromatic carbocycles. The fourth-order valence-corrected chi connectivity index (χ4v) is 4.80. The number of carbonyl (C=O) groups is 1. The van der Waals surface area contributed by atoms with Crippen molar-refractivity contribution in [3.8, 4) is 17.1 Å². The van der Waals surface area contributed by atoms with Gasteiger partial charge in [-0.1, -0.05) is 31.7 Å². The summed E-state index contributed by atoms with van der Waals surface area (Å²) >= 11 is 0. The monoisotopic (exact) mass is 511 g/mol. The molecule has 0 bridgehead atoms. The molecule has 1 aliphatic rings. The van der Waals surface area contributed by atoms with Crippen molar-refractivity contribution in [3.63, 3.8) is 0 Å². The summed E-state index contributed by atoms with van der Waals surface area (Å²) < 4.78 is 8.02. The van der Waals surface area contributed by atoms with E-state index < -0.39 is 0 Å². The Bertz CT molecular complexity index is 1470. The van der Waals surface area contributed by atoms with Crippen LogP contribution in [0.4, 0.5) is 23.1 Å². The molecule has 5 rings (SSSR count). The van der Waals surface area contributed by atoms with Crippen molar-refractivity contribution < 1.29 is 9.53 Å². The van der Waals surface area contributed by atoms with Gasteiger partial charge in [-0.15, -0.1) is 0 Å². The highest BCUT2D eigenvalue weighted by Gasteiger charge is 2.23. The SMILES string of the molecule is C=CC(=O)Nc1cc(Nc2nccc(-c3cn(C)c4ccccc34)n2)c(OCC)nc1N1CCC(C)CC1. The van der Waals surface area contributed by atoms with Crippen LogP contribution < -0.4 is 20.3 Å². The van der Waals surface area contributed by atoms with Crippen LogP contribution in [0.1, 0.15) is 26.7 Å². The van der Waals surface area contributed by atoms with Crippen molar-refractivity contribution in [3.05, 3.63) is 61.4 Å². The molecule has 4 aromatic rings. The summed E-state index contributed by atoms with van der Waals surface area (Å²) in [6, 6.07) is 12.0. The predicted octanol–water partition coefficient (Wildman–Crippen LogP) is 5.53. The summed E-state index contributed by atoms with van der Waals surface area (Å²) in [6.07, 6.45) is 7.18. The van der Waals surface area contributed by atoms with Crippen LogP contribution in [0.25, 0.3) is 22.2 Å². The number of piperidine rings is 1. The van der Waals surface area contributed by atoms with Crippen molar-refractivity contribution >= 4 is 40.0 Å². The lowest BCUT2D eigenvalue weighted by Crippen LogP contribution is -2.34. The quantitative estimate of drug-likeness (QED) is 0.300. The third kappa shape index (κ3) is 5.18. The summed E-state index contributed by atoms with van der Waals surface area (Å²) in [5, 5.41) is 7.32. The molecule has 0 saturated carbocycles. The maximum atomic E-state index is 12.3. The summed E-state index contributed by atoms with van der Waals surface area (Å²) in [6.45, 7) is 9.93. The molecular formula is C29H33N7O2. The van der Waals surface area contributed by atoms with Crippen molar-refractivity contribution in [2.45, 2.75) is 26.7 Å². The lowest BCUT2D eigenvalue weighted by atomic mass is 9.99. The van der Waals surface area contributed by atoms with Gasteiger partial charge in [-0.05, 0) is 50.0 Å². The van der Waals surface area contributed by atoms with E-state index in [1.54, 1.807) is 6.20 Å². The minimum Gasteiger partial charge on any atom is -0.476 e. The van der Waals surface area contributed by atoms with E-state index in [1.165, 1.54) is 6.08 Å². The number of aromatic nitrogens is 4. The molecule has 0 unspecified atom stereocenters. The highest BCUT2D eigenvalue weighted by atomic mass is 16.5. The summed E-state index contributed by atoms with van der Waals surface area (Å²) in [7, 11) is 2.02. The molecule has 196 valence electrons. The number of nitrogens with zero attached hydrogens (tertiary/aromatic N) is 5. The second-order valence-electron chi connectivity index (χ2n) is 9.57. The molecule has 9 heteroatoms. The topological polar surface area (TPSA) is 97.2 Å². The van der Waals surface area contributed by atoms with Gasteiger partial charge in [0.15, 0.2) is 5.82 Å². The van der Waals surface area contributed by atoms with E-state index in [2.05, 4.69) is 56.9 Å². The van der Waals surface area contributed by atoms with Crippen molar-refractivity contribution in [2.75, 3.05) is 35.2 Å². The van der Waals surface area contributed by atoms with Gasteiger partial charge in [0.2, 0.25) is 17.7 Å². The number of hydrogen-bond acceptors (Lipinski definition) is 7. The van der Waals surface area contributed by atoms with E-state index in [1.807, 2.05) is 38.2 Å². The molecule has 0 atom stereocenters. The lowest BCUT2D eigenvalue weighted by Gasteiger charge is -2.32. The number of hydrogen-bond donors (Lipinski definition) is 2. The molecule has 1 fully saturated rings. The fourth-order valence-electron chi connectivity index (χ4n) is 4.80. The average Bonchev–Trinajstić information content (AvgIpc) is 3.27. The van der Waals surface area contributed by atoms with Gasteiger partial charge in [-0.3, -0.25) is 4.79 Å². The number of rotatable bonds is 8. The van der Waals surface area contributed by atoms with E-state index >= 15 is 0 Å². The third-order valence-corrected chi connectivity index (χ3v) is 6.85. The van der Waals surface area contributed by atoms with Crippen molar-refractivity contribution in [1.82, 2.24) is 19.5 Å². The first-order valence-electron chi connectivity index (χ1n) is 13.0. The van der Waals surface area contributed by atoms with Crippen LogP contribution in [0, 0.1) is 5.92 Å². The van der Waals surface area contributed by atoms with Crippen molar-refractivity contribution in [2.24, 2.45) is 13.0 Å². The van der Waals surface area contributed by atoms with Crippen LogP contribution in [-0.4, -0.2) is 45.1 Å². The average molecular weight is 512 g/mol. The molecule has 9 nitrogen and oxygen atoms in total. The molecule has 3 aromatic heterocycles. The Hall–Kier alpha value is -4.40. The van der Waals surface area contributed by atoms with E-state index in [9.17, 15) is 4.79 Å². The largest absolute Gasteiger partial charge is 0.476 e. The van der Waals surface area contributed by atoms with Crippen LogP contribution in [0.3, 0.4) is 0 Å². The first-order valence-corrected chi connectivity index (χ1v) is 13.0. The molecule has 1 amide bonds. The van der Waals surface area contributed by atoms with Gasteiger partial charge in [0.1, 0.15) is 5.69 Å². The normalized spacial score (nSPS) is 13.9. The number of para-hydroxylation sites is 1. The van der Waals surface area contributed by atoms with Crippen molar-refractivity contribution in [1.29, 1.82) is 0 Å². The Morgan fingerprint density at radius 1 is 1.18 bits per heavy atom. The smallest absolute Gasteiger partial charge is 0.247 e. The summed E-state index contributed by atoms with van der Waals surface area (Å²) in [4.78, 5) is 28.6. The number of carbonyl (C=O) groups excluding carboxylic acids is 1. The van der Waals surface area contributed by atoms with Gasteiger partial charge >= 0.3 is 0 Å². The first kappa shape index (κ1) is 25.3. The van der Waals surface area contributed by atoms with E-state index in [-0.39, 0.29) is 5.91 Å². The number of anilines is 4. The minimum absolute atomic E-state index is 0.303. The molecule has 1 aliphatic heterocycles. The van der Waals surface area contributed by atoms with Gasteiger partial charge in [0.25, 0.3) is 0 Å². The number of pyridine rings is 1. The molecule has 0 aliphatic carbocycles. The molecule has 2 N–H and O–H groups in total. The summed E-state index contributed by atoms with van der Waals surface area (Å²) in [5.41, 5.74) is 4.09. The van der Waals surface area contributed by atoms with Crippen LogP contribution in [-0.2, 0) is 11.8 Å². The van der Waals surface area contributed by atoms with Gasteiger partial charge in [-0.25, -0.2) is 9.97 Å². The third-order valence-electron chi connectivity index (χ3n) is 6.85. The number of benzene rings is 1. The minimum atomic E-state index is -0.303. The van der Waals surface area contributed by atoms with Gasteiger partial charge in [0.05, 0.1) is 18.0 Å². The van der Waals surface area contributed by atoms with Crippen LogP contribution in [0.5, 0.6) is 5.88 Å². The van der Waals surface area contributed by atoms with Crippen LogP contribution >= 0.6 is 0 Å². The Morgan fingerprint density at radius 2 is 1.97 bits per heavy atom. The number of nitrogens with one attached hydrogen (secondary N) is 2. The zero-order valence-electron chi connectivity index (χ0n) is 22.1. The standard InChI is InChI=1S/C29H33N7O2/c1-5-26(37)31-23-17-24(28(38-6-2)34-27(23)36-15-12-19(3)13-16-36)33-29-30-14-11-22(32-29)21-18-35(4)25-10-8-7-9-20(21)25/h5,7-11,14,17-19H,1,6,12-13,15-16H2,2-4H3,(H,31,37)(H,30,32,33). The lowest BCUT2D eigenvalue weighted by molar-refractivity contribution is -0.111. The van der Waals surface area contributed by atoms with E-state index in [0.717, 1.165) is 48.1 Å². The number of ether oxygens (including phenoxy) is 1. The number of fused-ring (bicyclic) bond motifs is 1. The van der Waals surface area contributed by atoms with Gasteiger partial charge < -0.3 is 24.8 Å². The molecule has 1 saturated heterocycles. The predicted molar refractivity (Wildman–Crippen MR) is 152 cm³/mol. The Kier molecular flexibility index (Phi) is 7.26. The second-order valence-corrected chi connectivity index (χ2v) is 9.57. The van der Waals surface area contributed by atoms with Crippen LogP contribution in [0.15, 0.2) is 61.4 Å². The fraction of sp³-hybridized carbons (Fsp3) is 0.310. The molecule has 38 heavy (non-hydrogen) atoms. The molecule has 0 radical (unpaired) electrons. The number of aryl methyl sites for hydroxylation is 1. The molecule has 0 spiro atoms. The zero-order chi connectivity index (χ0) is 26.6. The van der Waals surface area contributed by atoms with Gasteiger partial charge in [0, 0.05) is 49.0 Å². The van der Waals surface area contributed by atoms with Crippen LogP contribution in [0.2, 0.25) is 0 Å². The number of amides is 1. The van der Waals surface area contributed by atoms with E-state index in [4.69, 9.17) is 14.7 Å². The zero-order valence-corrected chi connectivity index (χ0v) is 22.1. The Balaban J connectivity index is 1.52. The maximum Gasteiger partial charge on any atom is 0.247 e. The second kappa shape index (κ2) is 10.9. The highest BCUT2D eigenvalue weighted by Crippen LogP contribution is 2.37. The first-order chi connectivity index (χ1) is 18.5. The summed E-state index contributed by atoms with van der Waals surface area (Å²) in [5.74, 6) is 1.88. The van der Waals surface area contributed by atoms with E-state index in [0.29, 0.717) is 41.5 Å². The highest BCUT2D eigenvalue weighted by molar-refractivity contribution is 6.01. The van der Waals surface area contributed by atoms with Gasteiger partial charge in [-0.2, -0.15) is 4.98 Å². The maximum absolute atomic E-state index is 12.3. The molecular weight excluding hydrogens is 478 g/mol.